The molecular weight excluding hydrogens is 266 g/mol. The lowest BCUT2D eigenvalue weighted by atomic mass is 9.65. The number of hydrogen-bond acceptors (Lipinski definition) is 3. The van der Waals surface area contributed by atoms with Gasteiger partial charge in [-0.15, -0.1) is 0 Å². The number of hydrogen-bond donors (Lipinski definition) is 2. The van der Waals surface area contributed by atoms with Crippen LogP contribution in [-0.4, -0.2) is 23.4 Å². The molecule has 21 heavy (non-hydrogen) atoms. The van der Waals surface area contributed by atoms with Crippen LogP contribution in [0.3, 0.4) is 0 Å². The smallest absolute Gasteiger partial charge is 0.412 e. The second kappa shape index (κ2) is 5.68. The maximum Gasteiger partial charge on any atom is 0.412 e. The Morgan fingerprint density at radius 2 is 2.05 bits per heavy atom. The molecule has 1 amide bonds. The largest absolute Gasteiger partial charge is 0.444 e. The van der Waals surface area contributed by atoms with Crippen LogP contribution < -0.4 is 5.32 Å². The van der Waals surface area contributed by atoms with E-state index in [0.29, 0.717) is 0 Å². The molecule has 1 aromatic carbocycles. The highest BCUT2D eigenvalue weighted by Crippen LogP contribution is 2.44. The molecule has 1 aliphatic carbocycles. The summed E-state index contributed by atoms with van der Waals surface area (Å²) in [5, 5.41) is 12.5. The fourth-order valence-electron chi connectivity index (χ4n) is 2.64. The summed E-state index contributed by atoms with van der Waals surface area (Å²) in [6, 6.07) is 6.00. The predicted octanol–water partition coefficient (Wildman–Crippen LogP) is 3.76. The summed E-state index contributed by atoms with van der Waals surface area (Å²) in [6.45, 7) is 7.62. The van der Waals surface area contributed by atoms with E-state index in [1.54, 1.807) is 0 Å². The monoisotopic (exact) mass is 291 g/mol. The Balaban J connectivity index is 2.18. The summed E-state index contributed by atoms with van der Waals surface area (Å²) in [5.41, 5.74) is 2.18. The first-order valence-electron chi connectivity index (χ1n) is 7.48. The van der Waals surface area contributed by atoms with Crippen LogP contribution in [0.5, 0.6) is 0 Å². The molecule has 0 spiro atoms. The lowest BCUT2D eigenvalue weighted by Gasteiger charge is -2.41. The van der Waals surface area contributed by atoms with Crippen LogP contribution in [0.1, 0.15) is 51.2 Å². The van der Waals surface area contributed by atoms with E-state index in [1.165, 1.54) is 0 Å². The average molecular weight is 291 g/mol. The average Bonchev–Trinajstić information content (AvgIpc) is 2.30. The first-order valence-corrected chi connectivity index (χ1v) is 7.48. The van der Waals surface area contributed by atoms with Crippen LogP contribution >= 0.6 is 0 Å². The van der Waals surface area contributed by atoms with Gasteiger partial charge in [-0.25, -0.2) is 4.79 Å². The van der Waals surface area contributed by atoms with E-state index >= 15 is 0 Å². The van der Waals surface area contributed by atoms with Crippen molar-refractivity contribution in [2.75, 3.05) is 11.9 Å². The van der Waals surface area contributed by atoms with Gasteiger partial charge in [-0.3, -0.25) is 5.32 Å². The fourth-order valence-corrected chi connectivity index (χ4v) is 2.64. The normalized spacial score (nSPS) is 17.0. The van der Waals surface area contributed by atoms with Crippen molar-refractivity contribution in [1.29, 1.82) is 0 Å². The number of nitrogens with one attached hydrogen (secondary N) is 1. The number of aryl methyl sites for hydroxylation is 1. The minimum absolute atomic E-state index is 0.127. The number of carbonyl (C=O) groups excluding carboxylic acids is 1. The third-order valence-corrected chi connectivity index (χ3v) is 4.10. The van der Waals surface area contributed by atoms with Gasteiger partial charge in [0.05, 0.1) is 6.61 Å². The van der Waals surface area contributed by atoms with Gasteiger partial charge in [0.25, 0.3) is 0 Å². The first kappa shape index (κ1) is 15.8. The highest BCUT2D eigenvalue weighted by atomic mass is 16.6. The van der Waals surface area contributed by atoms with Gasteiger partial charge in [0.15, 0.2) is 0 Å². The third-order valence-electron chi connectivity index (χ3n) is 4.10. The minimum Gasteiger partial charge on any atom is -0.444 e. The van der Waals surface area contributed by atoms with Gasteiger partial charge >= 0.3 is 6.09 Å². The fraction of sp³-hybridized carbons (Fsp3) is 0.588. The molecule has 0 saturated heterocycles. The van der Waals surface area contributed by atoms with Gasteiger partial charge in [0.2, 0.25) is 0 Å². The van der Waals surface area contributed by atoms with Crippen molar-refractivity contribution in [2.24, 2.45) is 0 Å². The summed E-state index contributed by atoms with van der Waals surface area (Å²) >= 11 is 0. The molecule has 0 aliphatic heterocycles. The highest BCUT2D eigenvalue weighted by molar-refractivity contribution is 5.86. The third kappa shape index (κ3) is 3.56. The van der Waals surface area contributed by atoms with Crippen LogP contribution in [-0.2, 0) is 10.2 Å². The Labute approximate surface area is 126 Å². The van der Waals surface area contributed by atoms with Gasteiger partial charge in [-0.2, -0.15) is 0 Å². The zero-order chi connectivity index (χ0) is 15.7. The summed E-state index contributed by atoms with van der Waals surface area (Å²) in [7, 11) is 0. The van der Waals surface area contributed by atoms with E-state index in [1.807, 2.05) is 45.9 Å². The maximum atomic E-state index is 11.9. The van der Waals surface area contributed by atoms with Crippen LogP contribution in [0.4, 0.5) is 10.5 Å². The molecule has 0 heterocycles. The summed E-state index contributed by atoms with van der Waals surface area (Å²) < 4.78 is 5.29. The number of anilines is 1. The Morgan fingerprint density at radius 1 is 1.38 bits per heavy atom. The number of aliphatic hydroxyl groups is 1. The van der Waals surface area contributed by atoms with Crippen LogP contribution in [0, 0.1) is 6.92 Å². The molecule has 4 nitrogen and oxygen atoms in total. The number of rotatable bonds is 3. The summed E-state index contributed by atoms with van der Waals surface area (Å²) in [4.78, 5) is 11.9. The van der Waals surface area contributed by atoms with E-state index in [9.17, 15) is 9.90 Å². The second-order valence-electron chi connectivity index (χ2n) is 6.95. The predicted molar refractivity (Wildman–Crippen MR) is 83.7 cm³/mol. The molecule has 0 radical (unpaired) electrons. The topological polar surface area (TPSA) is 58.6 Å². The van der Waals surface area contributed by atoms with Crippen LogP contribution in [0.2, 0.25) is 0 Å². The zero-order valence-electron chi connectivity index (χ0n) is 13.3. The molecule has 1 aromatic rings. The van der Waals surface area contributed by atoms with Crippen molar-refractivity contribution in [3.05, 3.63) is 29.3 Å². The Bertz CT molecular complexity index is 522. The number of ether oxygens (including phenoxy) is 1. The molecule has 1 fully saturated rings. The number of carbonyl (C=O) groups is 1. The van der Waals surface area contributed by atoms with Gasteiger partial charge in [0.1, 0.15) is 5.60 Å². The SMILES string of the molecule is Cc1ccc(C2(CO)CCC2)cc1NC(=O)OC(C)(C)C. The molecule has 0 unspecified atom stereocenters. The Morgan fingerprint density at radius 3 is 2.52 bits per heavy atom. The first-order chi connectivity index (χ1) is 9.76. The summed E-state index contributed by atoms with van der Waals surface area (Å²) in [6.07, 6.45) is 2.69. The maximum absolute atomic E-state index is 11.9. The molecule has 1 aliphatic rings. The zero-order valence-corrected chi connectivity index (χ0v) is 13.3. The van der Waals surface area contributed by atoms with Crippen molar-refractivity contribution >= 4 is 11.8 Å². The van der Waals surface area contributed by atoms with Gasteiger partial charge in [-0.1, -0.05) is 18.6 Å². The van der Waals surface area contributed by atoms with Crippen LogP contribution in [0.15, 0.2) is 18.2 Å². The molecule has 116 valence electrons. The van der Waals surface area contributed by atoms with E-state index in [2.05, 4.69) is 5.32 Å². The number of benzene rings is 1. The van der Waals surface area contributed by atoms with Gasteiger partial charge in [-0.05, 0) is 57.7 Å². The summed E-state index contributed by atoms with van der Waals surface area (Å²) in [5.74, 6) is 0. The standard InChI is InChI=1S/C17H25NO3/c1-12-6-7-13(17(11-19)8-5-9-17)10-14(12)18-15(20)21-16(2,3)4/h6-7,10,19H,5,8-9,11H2,1-4H3,(H,18,20). The van der Waals surface area contributed by atoms with Crippen molar-refractivity contribution in [3.8, 4) is 0 Å². The molecule has 2 N–H and O–H groups in total. The quantitative estimate of drug-likeness (QED) is 0.891. The van der Waals surface area contributed by atoms with Crippen molar-refractivity contribution in [3.63, 3.8) is 0 Å². The molecule has 4 heteroatoms. The molecule has 0 aromatic heterocycles. The molecule has 2 rings (SSSR count). The van der Waals surface area contributed by atoms with Crippen molar-refractivity contribution < 1.29 is 14.6 Å². The molecule has 1 saturated carbocycles. The minimum atomic E-state index is -0.518. The van der Waals surface area contributed by atoms with E-state index in [-0.39, 0.29) is 12.0 Å². The van der Waals surface area contributed by atoms with E-state index in [4.69, 9.17) is 4.74 Å². The molecule has 0 atom stereocenters. The lowest BCUT2D eigenvalue weighted by Crippen LogP contribution is -2.38. The van der Waals surface area contributed by atoms with Crippen molar-refractivity contribution in [2.45, 2.75) is 58.0 Å². The number of amides is 1. The highest BCUT2D eigenvalue weighted by Gasteiger charge is 2.38. The van der Waals surface area contributed by atoms with Gasteiger partial charge < -0.3 is 9.84 Å². The Hall–Kier alpha value is -1.55. The lowest BCUT2D eigenvalue weighted by molar-refractivity contribution is 0.0635. The second-order valence-corrected chi connectivity index (χ2v) is 6.95. The molecular formula is C17H25NO3. The van der Waals surface area contributed by atoms with E-state index in [0.717, 1.165) is 36.1 Å². The van der Waals surface area contributed by atoms with Crippen molar-refractivity contribution in [1.82, 2.24) is 0 Å². The molecule has 0 bridgehead atoms. The Kier molecular flexibility index (Phi) is 4.28. The van der Waals surface area contributed by atoms with Gasteiger partial charge in [0, 0.05) is 11.1 Å². The van der Waals surface area contributed by atoms with Crippen LogP contribution in [0.25, 0.3) is 0 Å². The van der Waals surface area contributed by atoms with E-state index < -0.39 is 11.7 Å². The number of aliphatic hydroxyl groups excluding tert-OH is 1.